The molecule has 0 aromatic carbocycles. The quantitative estimate of drug-likeness (QED) is 0.606. The molecule has 122 valence electrons. The third-order valence-electron chi connectivity index (χ3n) is 4.59. The van der Waals surface area contributed by atoms with Crippen molar-refractivity contribution in [2.75, 3.05) is 0 Å². The summed E-state index contributed by atoms with van der Waals surface area (Å²) in [6.45, 7) is 4.20. The monoisotopic (exact) mass is 306 g/mol. The molecule has 2 atom stereocenters. The molecule has 0 aliphatic heterocycles. The van der Waals surface area contributed by atoms with Crippen LogP contribution < -0.4 is 10.9 Å². The van der Waals surface area contributed by atoms with Crippen LogP contribution in [0.25, 0.3) is 0 Å². The molecule has 0 aromatic heterocycles. The summed E-state index contributed by atoms with van der Waals surface area (Å²) in [6, 6.07) is 0. The van der Waals surface area contributed by atoms with Crippen LogP contribution in [-0.2, 0) is 9.59 Å². The molecule has 2 amide bonds. The first kappa shape index (κ1) is 16.6. The normalized spacial score (nSPS) is 29.4. The second-order valence-corrected chi connectivity index (χ2v) is 6.38. The van der Waals surface area contributed by atoms with E-state index in [1.807, 2.05) is 0 Å². The van der Waals surface area contributed by atoms with Crippen LogP contribution in [0.2, 0.25) is 0 Å². The van der Waals surface area contributed by atoms with Crippen molar-refractivity contribution in [3.05, 3.63) is 0 Å². The van der Waals surface area contributed by atoms with E-state index in [2.05, 4.69) is 34.9 Å². The van der Waals surface area contributed by atoms with Gasteiger partial charge in [-0.3, -0.25) is 9.59 Å². The van der Waals surface area contributed by atoms with E-state index >= 15 is 0 Å². The van der Waals surface area contributed by atoms with Crippen molar-refractivity contribution < 1.29 is 9.59 Å². The largest absolute Gasteiger partial charge is 0.331 e. The molecule has 6 nitrogen and oxygen atoms in total. The van der Waals surface area contributed by atoms with Crippen molar-refractivity contribution in [3.8, 4) is 0 Å². The average molecular weight is 306 g/mol. The van der Waals surface area contributed by atoms with Gasteiger partial charge in [-0.2, -0.15) is 10.2 Å². The van der Waals surface area contributed by atoms with Crippen molar-refractivity contribution in [1.82, 2.24) is 10.9 Å². The number of carbonyl (C=O) groups excluding carboxylic acids is 2. The topological polar surface area (TPSA) is 82.9 Å². The fourth-order valence-corrected chi connectivity index (χ4v) is 3.02. The molecular weight excluding hydrogens is 280 g/mol. The number of carbonyl (C=O) groups is 2. The molecule has 2 N–H and O–H groups in total. The molecule has 22 heavy (non-hydrogen) atoms. The van der Waals surface area contributed by atoms with Gasteiger partial charge < -0.3 is 0 Å². The zero-order chi connectivity index (χ0) is 15.9. The van der Waals surface area contributed by atoms with Gasteiger partial charge in [0.25, 0.3) is 0 Å². The number of nitrogens with one attached hydrogen (secondary N) is 2. The first-order chi connectivity index (χ1) is 10.6. The van der Waals surface area contributed by atoms with E-state index in [0.717, 1.165) is 49.9 Å². The number of amides is 2. The molecule has 2 rings (SSSR count). The molecule has 2 aliphatic carbocycles. The van der Waals surface area contributed by atoms with Gasteiger partial charge in [0.1, 0.15) is 0 Å². The van der Waals surface area contributed by atoms with Crippen molar-refractivity contribution >= 4 is 23.2 Å². The Morgan fingerprint density at radius 3 is 1.59 bits per heavy atom. The van der Waals surface area contributed by atoms with Crippen molar-refractivity contribution in [3.63, 3.8) is 0 Å². The summed E-state index contributed by atoms with van der Waals surface area (Å²) < 4.78 is 0. The number of hydrogen-bond acceptors (Lipinski definition) is 4. The summed E-state index contributed by atoms with van der Waals surface area (Å²) in [5, 5.41) is 8.21. The third-order valence-corrected chi connectivity index (χ3v) is 4.59. The van der Waals surface area contributed by atoms with Crippen LogP contribution in [0.4, 0.5) is 0 Å². The Morgan fingerprint density at radius 1 is 0.818 bits per heavy atom. The zero-order valence-electron chi connectivity index (χ0n) is 13.5. The van der Waals surface area contributed by atoms with Crippen LogP contribution in [0.1, 0.15) is 65.2 Å². The minimum absolute atomic E-state index is 0.375. The highest BCUT2D eigenvalue weighted by Crippen LogP contribution is 2.21. The van der Waals surface area contributed by atoms with Gasteiger partial charge in [-0.1, -0.05) is 26.7 Å². The van der Waals surface area contributed by atoms with Gasteiger partial charge in [0.05, 0.1) is 0 Å². The number of hydrazone groups is 2. The van der Waals surface area contributed by atoms with E-state index in [1.165, 1.54) is 12.8 Å². The van der Waals surface area contributed by atoms with Gasteiger partial charge in [-0.25, -0.2) is 10.9 Å². The van der Waals surface area contributed by atoms with E-state index in [0.29, 0.717) is 11.8 Å². The van der Waals surface area contributed by atoms with Crippen LogP contribution in [0.15, 0.2) is 10.2 Å². The number of hydrogen-bond donors (Lipinski definition) is 2. The molecule has 0 radical (unpaired) electrons. The van der Waals surface area contributed by atoms with Gasteiger partial charge in [-0.15, -0.1) is 0 Å². The highest BCUT2D eigenvalue weighted by molar-refractivity contribution is 6.35. The molecule has 2 fully saturated rings. The molecule has 2 aliphatic rings. The smallest absolute Gasteiger partial charge is 0.262 e. The molecule has 0 spiro atoms. The van der Waals surface area contributed by atoms with Crippen LogP contribution in [0.3, 0.4) is 0 Å². The lowest BCUT2D eigenvalue weighted by molar-refractivity contribution is -0.139. The fraction of sp³-hybridized carbons (Fsp3) is 0.750. The molecule has 2 unspecified atom stereocenters. The van der Waals surface area contributed by atoms with Gasteiger partial charge in [0, 0.05) is 11.4 Å². The Labute approximate surface area is 131 Å². The molecule has 2 saturated carbocycles. The van der Waals surface area contributed by atoms with Crippen molar-refractivity contribution in [1.29, 1.82) is 0 Å². The highest BCUT2D eigenvalue weighted by Gasteiger charge is 2.19. The van der Waals surface area contributed by atoms with Crippen LogP contribution >= 0.6 is 0 Å². The second kappa shape index (κ2) is 8.06. The first-order valence-electron chi connectivity index (χ1n) is 8.31. The van der Waals surface area contributed by atoms with Crippen LogP contribution in [0, 0.1) is 11.8 Å². The Balaban J connectivity index is 1.83. The minimum atomic E-state index is -0.752. The van der Waals surface area contributed by atoms with Gasteiger partial charge in [0.15, 0.2) is 0 Å². The molecular formula is C16H26N4O2. The number of nitrogens with zero attached hydrogens (tertiary/aromatic N) is 2. The summed E-state index contributed by atoms with van der Waals surface area (Å²) in [5.74, 6) is -0.753. The summed E-state index contributed by atoms with van der Waals surface area (Å²) in [4.78, 5) is 23.5. The molecule has 0 aromatic rings. The fourth-order valence-electron chi connectivity index (χ4n) is 3.02. The van der Waals surface area contributed by atoms with Gasteiger partial charge >= 0.3 is 11.8 Å². The lowest BCUT2D eigenvalue weighted by atomic mass is 9.89. The average Bonchev–Trinajstić information content (AvgIpc) is 2.52. The van der Waals surface area contributed by atoms with E-state index < -0.39 is 11.8 Å². The van der Waals surface area contributed by atoms with Crippen molar-refractivity contribution in [2.24, 2.45) is 22.0 Å². The first-order valence-corrected chi connectivity index (χ1v) is 8.31. The predicted octanol–water partition coefficient (Wildman–Crippen LogP) is 2.35. The van der Waals surface area contributed by atoms with Crippen LogP contribution in [0.5, 0.6) is 0 Å². The van der Waals surface area contributed by atoms with E-state index in [4.69, 9.17) is 0 Å². The predicted molar refractivity (Wildman–Crippen MR) is 86.4 cm³/mol. The summed E-state index contributed by atoms with van der Waals surface area (Å²) in [5.41, 5.74) is 6.64. The lowest BCUT2D eigenvalue weighted by Crippen LogP contribution is -2.37. The maximum absolute atomic E-state index is 11.7. The third kappa shape index (κ3) is 4.64. The van der Waals surface area contributed by atoms with Gasteiger partial charge in [0.2, 0.25) is 0 Å². The SMILES string of the molecule is CC1CCCC/C1=N\NC(=O)C(=O)N/N=C1\CCCCC1C. The van der Waals surface area contributed by atoms with Crippen LogP contribution in [-0.4, -0.2) is 23.2 Å². The van der Waals surface area contributed by atoms with E-state index in [9.17, 15) is 9.59 Å². The maximum atomic E-state index is 11.7. The minimum Gasteiger partial charge on any atom is -0.262 e. The summed E-state index contributed by atoms with van der Waals surface area (Å²) in [7, 11) is 0. The Bertz CT molecular complexity index is 441. The molecule has 6 heteroatoms. The standard InChI is InChI=1S/C16H26N4O2/c1-11-7-3-5-9-13(11)17-19-15(21)16(22)20-18-14-10-6-4-8-12(14)2/h11-12H,3-10H2,1-2H3,(H,19,21)(H,20,22)/b17-13+,18-14+. The molecule has 0 bridgehead atoms. The Hall–Kier alpha value is -1.72. The Kier molecular flexibility index (Phi) is 6.10. The number of rotatable bonds is 2. The maximum Gasteiger partial charge on any atom is 0.331 e. The van der Waals surface area contributed by atoms with Gasteiger partial charge in [-0.05, 0) is 50.4 Å². The highest BCUT2D eigenvalue weighted by atomic mass is 16.2. The second-order valence-electron chi connectivity index (χ2n) is 6.38. The lowest BCUT2D eigenvalue weighted by Gasteiger charge is -2.20. The summed E-state index contributed by atoms with van der Waals surface area (Å²) in [6.07, 6.45) is 8.55. The Morgan fingerprint density at radius 2 is 1.23 bits per heavy atom. The van der Waals surface area contributed by atoms with Crippen molar-refractivity contribution in [2.45, 2.75) is 65.2 Å². The van der Waals surface area contributed by atoms with E-state index in [-0.39, 0.29) is 0 Å². The zero-order valence-corrected chi connectivity index (χ0v) is 13.5. The summed E-state index contributed by atoms with van der Waals surface area (Å²) >= 11 is 0. The van der Waals surface area contributed by atoms with E-state index in [1.54, 1.807) is 0 Å². The molecule has 0 saturated heterocycles. The molecule has 0 heterocycles.